The molecular weight excluding hydrogens is 188 g/mol. The average Bonchev–Trinajstić information content (AvgIpc) is 2.47. The topological polar surface area (TPSA) is 34.1 Å². The lowest BCUT2D eigenvalue weighted by Crippen LogP contribution is -2.43. The zero-order valence-corrected chi connectivity index (χ0v) is 9.51. The minimum atomic E-state index is -0.394. The maximum Gasteiger partial charge on any atom is 0.143 e. The molecule has 0 aromatic rings. The van der Waals surface area contributed by atoms with Gasteiger partial charge in [0, 0.05) is 12.3 Å². The highest BCUT2D eigenvalue weighted by molar-refractivity contribution is 5.92. The fourth-order valence-corrected chi connectivity index (χ4v) is 3.38. The smallest absolute Gasteiger partial charge is 0.143 e. The van der Waals surface area contributed by atoms with Crippen LogP contribution in [0, 0.1) is 17.3 Å². The fraction of sp³-hybridized carbons (Fsp3) is 0.692. The number of hydrogen-bond acceptors (Lipinski definition) is 2. The van der Waals surface area contributed by atoms with Gasteiger partial charge in [-0.15, -0.1) is 0 Å². The van der Waals surface area contributed by atoms with E-state index in [1.807, 2.05) is 6.92 Å². The predicted octanol–water partition coefficient (Wildman–Crippen LogP) is 2.53. The second kappa shape index (κ2) is 3.29. The van der Waals surface area contributed by atoms with Gasteiger partial charge in [0.2, 0.25) is 0 Å². The Morgan fingerprint density at radius 1 is 1.40 bits per heavy atom. The number of rotatable bonds is 1. The van der Waals surface area contributed by atoms with Crippen molar-refractivity contribution in [2.24, 2.45) is 17.3 Å². The molecule has 82 valence electrons. The van der Waals surface area contributed by atoms with E-state index in [1.165, 1.54) is 0 Å². The summed E-state index contributed by atoms with van der Waals surface area (Å²) >= 11 is 0. The molecule has 2 aliphatic carbocycles. The normalized spacial score (nSPS) is 40.4. The van der Waals surface area contributed by atoms with Gasteiger partial charge in [-0.2, -0.15) is 0 Å². The Morgan fingerprint density at radius 3 is 2.67 bits per heavy atom. The molecule has 2 saturated carbocycles. The van der Waals surface area contributed by atoms with Crippen LogP contribution in [0.25, 0.3) is 0 Å². The van der Waals surface area contributed by atoms with Gasteiger partial charge in [-0.1, -0.05) is 12.2 Å². The van der Waals surface area contributed by atoms with Crippen LogP contribution in [0.5, 0.6) is 0 Å². The van der Waals surface area contributed by atoms with Crippen LogP contribution in [0.2, 0.25) is 0 Å². The summed E-state index contributed by atoms with van der Waals surface area (Å²) in [5.74, 6) is 0.858. The summed E-state index contributed by atoms with van der Waals surface area (Å²) < 4.78 is 0. The first-order valence-electron chi connectivity index (χ1n) is 5.70. The van der Waals surface area contributed by atoms with Crippen LogP contribution < -0.4 is 0 Å². The van der Waals surface area contributed by atoms with Crippen LogP contribution in [0.4, 0.5) is 0 Å². The Kier molecular flexibility index (Phi) is 2.32. The summed E-state index contributed by atoms with van der Waals surface area (Å²) in [5.41, 5.74) is 0.651. The Morgan fingerprint density at radius 2 is 2.07 bits per heavy atom. The summed E-state index contributed by atoms with van der Waals surface area (Å²) in [6.07, 6.45) is 3.18. The van der Waals surface area contributed by atoms with E-state index in [-0.39, 0.29) is 17.6 Å². The Labute approximate surface area is 90.7 Å². The summed E-state index contributed by atoms with van der Waals surface area (Å²) in [5, 5.41) is 0. The van der Waals surface area contributed by atoms with Gasteiger partial charge in [0.05, 0.1) is 5.41 Å². The first kappa shape index (κ1) is 10.6. The van der Waals surface area contributed by atoms with E-state index < -0.39 is 5.41 Å². The number of fused-ring (bicyclic) bond motifs is 1. The average molecular weight is 206 g/mol. The lowest BCUT2D eigenvalue weighted by atomic mass is 9.62. The minimum Gasteiger partial charge on any atom is -0.300 e. The number of carbonyl (C=O) groups excluding carboxylic acids is 2. The van der Waals surface area contributed by atoms with Crippen molar-refractivity contribution in [3.8, 4) is 0 Å². The van der Waals surface area contributed by atoms with Crippen molar-refractivity contribution in [3.63, 3.8) is 0 Å². The van der Waals surface area contributed by atoms with E-state index in [0.29, 0.717) is 12.2 Å². The van der Waals surface area contributed by atoms with Crippen molar-refractivity contribution in [2.45, 2.75) is 39.5 Å². The second-order valence-electron chi connectivity index (χ2n) is 5.13. The Bertz CT molecular complexity index is 342. The van der Waals surface area contributed by atoms with E-state index in [1.54, 1.807) is 6.92 Å². The molecule has 0 aromatic heterocycles. The first-order valence-corrected chi connectivity index (χ1v) is 5.70. The third-order valence-corrected chi connectivity index (χ3v) is 4.50. The highest BCUT2D eigenvalue weighted by Gasteiger charge is 2.53. The summed E-state index contributed by atoms with van der Waals surface area (Å²) in [4.78, 5) is 23.6. The van der Waals surface area contributed by atoms with E-state index in [0.717, 1.165) is 24.8 Å². The molecule has 0 heterocycles. The second-order valence-corrected chi connectivity index (χ2v) is 5.13. The molecule has 0 radical (unpaired) electrons. The van der Waals surface area contributed by atoms with Crippen molar-refractivity contribution in [2.75, 3.05) is 0 Å². The largest absolute Gasteiger partial charge is 0.300 e. The van der Waals surface area contributed by atoms with Gasteiger partial charge in [-0.3, -0.25) is 9.59 Å². The molecule has 0 N–H and O–H groups in total. The number of ketones is 2. The lowest BCUT2D eigenvalue weighted by molar-refractivity contribution is -0.136. The molecule has 0 bridgehead atoms. The van der Waals surface area contributed by atoms with Crippen molar-refractivity contribution in [3.05, 3.63) is 12.2 Å². The zero-order chi connectivity index (χ0) is 11.2. The minimum absolute atomic E-state index is 0.0898. The molecule has 0 amide bonds. The van der Waals surface area contributed by atoms with E-state index >= 15 is 0 Å². The lowest BCUT2D eigenvalue weighted by Gasteiger charge is -2.40. The van der Waals surface area contributed by atoms with Crippen molar-refractivity contribution in [1.82, 2.24) is 0 Å². The Balaban J connectivity index is 2.38. The highest BCUT2D eigenvalue weighted by atomic mass is 16.1. The monoisotopic (exact) mass is 206 g/mol. The number of hydrogen-bond donors (Lipinski definition) is 0. The van der Waals surface area contributed by atoms with Gasteiger partial charge in [0.1, 0.15) is 11.6 Å². The molecule has 2 fully saturated rings. The van der Waals surface area contributed by atoms with E-state index in [4.69, 9.17) is 0 Å². The molecule has 0 saturated heterocycles. The SMILES string of the molecule is C=C1CC[C@@H]2[C@H](C(C)=O)CCC(=O)[C@]12C. The molecule has 2 aliphatic rings. The molecule has 0 spiro atoms. The molecule has 0 unspecified atom stereocenters. The number of allylic oxidation sites excluding steroid dienone is 1. The zero-order valence-electron chi connectivity index (χ0n) is 9.51. The van der Waals surface area contributed by atoms with Gasteiger partial charge < -0.3 is 0 Å². The molecule has 2 rings (SSSR count). The first-order chi connectivity index (χ1) is 6.98. The van der Waals surface area contributed by atoms with Gasteiger partial charge in [-0.25, -0.2) is 0 Å². The fourth-order valence-electron chi connectivity index (χ4n) is 3.38. The van der Waals surface area contributed by atoms with Crippen molar-refractivity contribution in [1.29, 1.82) is 0 Å². The maximum absolute atomic E-state index is 12.0. The molecule has 0 aromatic carbocycles. The van der Waals surface area contributed by atoms with Crippen molar-refractivity contribution < 1.29 is 9.59 Å². The molecule has 2 heteroatoms. The van der Waals surface area contributed by atoms with Gasteiger partial charge in [-0.05, 0) is 39.0 Å². The molecule has 3 atom stereocenters. The molecule has 15 heavy (non-hydrogen) atoms. The molecule has 2 nitrogen and oxygen atoms in total. The van der Waals surface area contributed by atoms with E-state index in [9.17, 15) is 9.59 Å². The summed E-state index contributed by atoms with van der Waals surface area (Å²) in [7, 11) is 0. The summed E-state index contributed by atoms with van der Waals surface area (Å²) in [6.45, 7) is 7.67. The molecule has 0 aliphatic heterocycles. The van der Waals surface area contributed by atoms with Gasteiger partial charge in [0.15, 0.2) is 0 Å². The van der Waals surface area contributed by atoms with Crippen LogP contribution in [0.1, 0.15) is 39.5 Å². The van der Waals surface area contributed by atoms with E-state index in [2.05, 4.69) is 6.58 Å². The standard InChI is InChI=1S/C13H18O2/c1-8-4-6-11-10(9(2)14)5-7-12(15)13(8,11)3/h10-11H,1,4-7H2,2-3H3/t10-,11+,13+/m0/s1. The third-order valence-electron chi connectivity index (χ3n) is 4.50. The van der Waals surface area contributed by atoms with Crippen LogP contribution in [-0.4, -0.2) is 11.6 Å². The van der Waals surface area contributed by atoms with Gasteiger partial charge in [0.25, 0.3) is 0 Å². The number of carbonyl (C=O) groups is 2. The summed E-state index contributed by atoms with van der Waals surface area (Å²) in [6, 6.07) is 0. The van der Waals surface area contributed by atoms with Crippen LogP contribution in [0.3, 0.4) is 0 Å². The van der Waals surface area contributed by atoms with Gasteiger partial charge >= 0.3 is 0 Å². The third kappa shape index (κ3) is 1.30. The quantitative estimate of drug-likeness (QED) is 0.618. The van der Waals surface area contributed by atoms with Crippen molar-refractivity contribution >= 4 is 11.6 Å². The Hall–Kier alpha value is -0.920. The predicted molar refractivity (Wildman–Crippen MR) is 58.4 cm³/mol. The van der Waals surface area contributed by atoms with Crippen LogP contribution >= 0.6 is 0 Å². The highest BCUT2D eigenvalue weighted by Crippen LogP contribution is 2.54. The molecular formula is C13H18O2. The number of Topliss-reactive ketones (excluding diaryl/α,β-unsaturated/α-hetero) is 2. The van der Waals surface area contributed by atoms with Crippen LogP contribution in [0.15, 0.2) is 12.2 Å². The van der Waals surface area contributed by atoms with Crippen LogP contribution in [-0.2, 0) is 9.59 Å². The maximum atomic E-state index is 12.0.